The number of nitrogens with zero attached hydrogens (tertiary/aromatic N) is 2. The van der Waals surface area contributed by atoms with Crippen molar-refractivity contribution in [1.29, 1.82) is 0 Å². The second-order valence-corrected chi connectivity index (χ2v) is 5.78. The molecule has 2 heterocycles. The highest BCUT2D eigenvalue weighted by molar-refractivity contribution is 14.1. The van der Waals surface area contributed by atoms with E-state index in [1.165, 1.54) is 0 Å². The second-order valence-electron chi connectivity index (χ2n) is 3.82. The Labute approximate surface area is 128 Å². The lowest BCUT2D eigenvalue weighted by atomic mass is 10.3. The largest absolute Gasteiger partial charge is 0.313 e. The van der Waals surface area contributed by atoms with Crippen LogP contribution in [0.25, 0.3) is 16.6 Å². The van der Waals surface area contributed by atoms with Crippen LogP contribution in [0.1, 0.15) is 0 Å². The fourth-order valence-corrected chi connectivity index (χ4v) is 2.99. The molecule has 0 saturated heterocycles. The summed E-state index contributed by atoms with van der Waals surface area (Å²) in [5.41, 5.74) is 1.94. The van der Waals surface area contributed by atoms with E-state index < -0.39 is 0 Å². The van der Waals surface area contributed by atoms with Gasteiger partial charge in [-0.3, -0.25) is 0 Å². The average molecular weight is 389 g/mol. The topological polar surface area (TPSA) is 17.8 Å². The number of hydrogen-bond acceptors (Lipinski definition) is 1. The van der Waals surface area contributed by atoms with E-state index in [0.29, 0.717) is 10.2 Å². The lowest BCUT2D eigenvalue weighted by Gasteiger charge is -2.06. The monoisotopic (exact) mass is 388 g/mol. The van der Waals surface area contributed by atoms with Crippen LogP contribution in [0.15, 0.2) is 42.7 Å². The van der Waals surface area contributed by atoms with Crippen LogP contribution in [0.2, 0.25) is 10.2 Å². The number of aromatic nitrogens is 2. The van der Waals surface area contributed by atoms with Gasteiger partial charge in [-0.2, -0.15) is 0 Å². The van der Waals surface area contributed by atoms with Crippen LogP contribution in [0.4, 0.5) is 0 Å². The molecule has 5 heteroatoms. The van der Waals surface area contributed by atoms with Crippen molar-refractivity contribution in [2.24, 2.45) is 0 Å². The van der Waals surface area contributed by atoms with Crippen LogP contribution in [0.3, 0.4) is 0 Å². The second kappa shape index (κ2) is 4.72. The third kappa shape index (κ3) is 2.00. The van der Waals surface area contributed by atoms with E-state index >= 15 is 0 Å². The fraction of sp³-hybridized carbons (Fsp3) is 0. The normalized spacial score (nSPS) is 11.1. The summed E-state index contributed by atoms with van der Waals surface area (Å²) in [6.07, 6.45) is 3.76. The van der Waals surface area contributed by atoms with Crippen LogP contribution < -0.4 is 0 Å². The third-order valence-corrected chi connectivity index (χ3v) is 4.11. The lowest BCUT2D eigenvalue weighted by molar-refractivity contribution is 1.11. The van der Waals surface area contributed by atoms with Crippen molar-refractivity contribution in [3.63, 3.8) is 0 Å². The predicted molar refractivity (Wildman–Crippen MR) is 83.8 cm³/mol. The van der Waals surface area contributed by atoms with Crippen LogP contribution in [0.5, 0.6) is 0 Å². The minimum absolute atomic E-state index is 0.505. The van der Waals surface area contributed by atoms with Gasteiger partial charge in [0.25, 0.3) is 0 Å². The quantitative estimate of drug-likeness (QED) is 0.426. The Bertz CT molecular complexity index is 720. The van der Waals surface area contributed by atoms with Gasteiger partial charge in [-0.15, -0.1) is 0 Å². The van der Waals surface area contributed by atoms with Crippen LogP contribution in [0, 0.1) is 3.57 Å². The number of pyridine rings is 1. The van der Waals surface area contributed by atoms with E-state index in [0.717, 1.165) is 20.2 Å². The van der Waals surface area contributed by atoms with Gasteiger partial charge in [-0.25, -0.2) is 4.98 Å². The van der Waals surface area contributed by atoms with Gasteiger partial charge in [-0.05, 0) is 52.9 Å². The molecule has 18 heavy (non-hydrogen) atoms. The zero-order valence-electron chi connectivity index (χ0n) is 9.07. The first-order valence-electron chi connectivity index (χ1n) is 5.24. The molecule has 2 aromatic heterocycles. The van der Waals surface area contributed by atoms with Gasteiger partial charge in [0.05, 0.1) is 5.52 Å². The predicted octanol–water partition coefficient (Wildman–Crippen LogP) is 4.94. The minimum atomic E-state index is 0.505. The highest BCUT2D eigenvalue weighted by Crippen LogP contribution is 2.30. The summed E-state index contributed by atoms with van der Waals surface area (Å²) in [6, 6.07) is 9.61. The van der Waals surface area contributed by atoms with E-state index in [-0.39, 0.29) is 0 Å². The summed E-state index contributed by atoms with van der Waals surface area (Å²) >= 11 is 14.4. The van der Waals surface area contributed by atoms with Gasteiger partial charge in [0.1, 0.15) is 0 Å². The molecular weight excluding hydrogens is 382 g/mol. The Hall–Kier alpha value is -0.780. The molecule has 0 radical (unpaired) electrons. The molecule has 0 aliphatic rings. The summed E-state index contributed by atoms with van der Waals surface area (Å²) < 4.78 is 3.17. The third-order valence-electron chi connectivity index (χ3n) is 2.73. The van der Waals surface area contributed by atoms with Crippen LogP contribution in [-0.4, -0.2) is 9.55 Å². The number of fused-ring (bicyclic) bond motifs is 1. The smallest absolute Gasteiger partial charge is 0.153 e. The van der Waals surface area contributed by atoms with Crippen molar-refractivity contribution in [2.75, 3.05) is 0 Å². The summed E-state index contributed by atoms with van der Waals surface area (Å²) in [4.78, 5) is 4.14. The fourth-order valence-electron chi connectivity index (χ4n) is 1.90. The van der Waals surface area contributed by atoms with Gasteiger partial charge in [-0.1, -0.05) is 23.2 Å². The first kappa shape index (κ1) is 12.3. The van der Waals surface area contributed by atoms with Gasteiger partial charge < -0.3 is 4.57 Å². The van der Waals surface area contributed by atoms with E-state index in [2.05, 4.69) is 27.6 Å². The molecule has 0 aliphatic heterocycles. The number of benzene rings is 1. The number of hydrogen-bond donors (Lipinski definition) is 0. The van der Waals surface area contributed by atoms with Crippen molar-refractivity contribution in [3.8, 4) is 5.69 Å². The van der Waals surface area contributed by atoms with E-state index in [1.54, 1.807) is 6.20 Å². The van der Waals surface area contributed by atoms with Crippen molar-refractivity contribution in [2.45, 2.75) is 0 Å². The Balaban J connectivity index is 2.32. The summed E-state index contributed by atoms with van der Waals surface area (Å²) in [7, 11) is 0. The molecule has 0 unspecified atom stereocenters. The van der Waals surface area contributed by atoms with E-state index in [4.69, 9.17) is 23.2 Å². The molecule has 0 atom stereocenters. The highest BCUT2D eigenvalue weighted by atomic mass is 127. The van der Waals surface area contributed by atoms with E-state index in [9.17, 15) is 0 Å². The maximum Gasteiger partial charge on any atom is 0.153 e. The molecule has 90 valence electrons. The molecule has 0 bridgehead atoms. The Morgan fingerprint density at radius 1 is 1.06 bits per heavy atom. The first-order chi connectivity index (χ1) is 8.66. The maximum absolute atomic E-state index is 6.20. The standard InChI is InChI=1S/C13H7Cl2IN2/c14-8-1-3-9(4-2-8)18-7-11(16)10-5-6-17-13(15)12(10)18/h1-7H. The molecule has 0 N–H and O–H groups in total. The van der Waals surface area contributed by atoms with Crippen LogP contribution >= 0.6 is 45.8 Å². The molecule has 3 aromatic rings. The lowest BCUT2D eigenvalue weighted by Crippen LogP contribution is -1.92. The summed E-state index contributed by atoms with van der Waals surface area (Å²) in [5, 5.41) is 2.32. The van der Waals surface area contributed by atoms with Gasteiger partial charge in [0, 0.05) is 32.1 Å². The Kier molecular flexibility index (Phi) is 3.21. The minimum Gasteiger partial charge on any atom is -0.313 e. The first-order valence-corrected chi connectivity index (χ1v) is 7.07. The number of halogens is 3. The average Bonchev–Trinajstić information content (AvgIpc) is 2.70. The summed E-state index contributed by atoms with van der Waals surface area (Å²) in [5.74, 6) is 0. The zero-order valence-corrected chi connectivity index (χ0v) is 12.7. The SMILES string of the molecule is Clc1ccc(-n2cc(I)c3ccnc(Cl)c32)cc1. The molecule has 0 aliphatic carbocycles. The van der Waals surface area contributed by atoms with Crippen molar-refractivity contribution in [3.05, 3.63) is 56.5 Å². The maximum atomic E-state index is 6.20. The molecule has 3 rings (SSSR count). The molecular formula is C13H7Cl2IN2. The molecule has 2 nitrogen and oxygen atoms in total. The van der Waals surface area contributed by atoms with Gasteiger partial charge >= 0.3 is 0 Å². The zero-order chi connectivity index (χ0) is 12.7. The van der Waals surface area contributed by atoms with Crippen molar-refractivity contribution >= 4 is 56.7 Å². The van der Waals surface area contributed by atoms with Crippen molar-refractivity contribution in [1.82, 2.24) is 9.55 Å². The van der Waals surface area contributed by atoms with E-state index in [1.807, 2.05) is 41.1 Å². The molecule has 0 spiro atoms. The van der Waals surface area contributed by atoms with Crippen LogP contribution in [-0.2, 0) is 0 Å². The Morgan fingerprint density at radius 2 is 1.78 bits per heavy atom. The van der Waals surface area contributed by atoms with Gasteiger partial charge in [0.15, 0.2) is 5.15 Å². The van der Waals surface area contributed by atoms with Crippen molar-refractivity contribution < 1.29 is 0 Å². The highest BCUT2D eigenvalue weighted by Gasteiger charge is 2.11. The molecule has 0 amide bonds. The summed E-state index contributed by atoms with van der Waals surface area (Å²) in [6.45, 7) is 0. The molecule has 0 fully saturated rings. The molecule has 0 saturated carbocycles. The molecule has 1 aromatic carbocycles. The van der Waals surface area contributed by atoms with Gasteiger partial charge in [0.2, 0.25) is 0 Å². The number of rotatable bonds is 1. The Morgan fingerprint density at radius 3 is 2.50 bits per heavy atom.